The van der Waals surface area contributed by atoms with Crippen LogP contribution in [0.5, 0.6) is 0 Å². The molecule has 0 atom stereocenters. The van der Waals surface area contributed by atoms with Gasteiger partial charge in [0.05, 0.1) is 0 Å². The van der Waals surface area contributed by atoms with Gasteiger partial charge in [-0.3, -0.25) is 0 Å². The topological polar surface area (TPSA) is 43.7 Å². The van der Waals surface area contributed by atoms with Crippen LogP contribution in [0.1, 0.15) is 12.5 Å². The molecule has 0 spiro atoms. The maximum absolute atomic E-state index is 12.9. The lowest BCUT2D eigenvalue weighted by molar-refractivity contribution is 0.345. The lowest BCUT2D eigenvalue weighted by Crippen LogP contribution is -2.35. The van der Waals surface area contributed by atoms with Crippen molar-refractivity contribution < 1.29 is 14.4 Å². The largest absolute Gasteiger partial charge is 0.488 e. The lowest BCUT2D eigenvalue weighted by Gasteiger charge is -2.16. The molecule has 1 rings (SSSR count). The van der Waals surface area contributed by atoms with Crippen molar-refractivity contribution in [1.29, 1.82) is 0 Å². The van der Waals surface area contributed by atoms with E-state index in [4.69, 9.17) is 10.0 Å². The first kappa shape index (κ1) is 12.2. The van der Waals surface area contributed by atoms with Crippen LogP contribution in [0.4, 0.5) is 4.39 Å². The van der Waals surface area contributed by atoms with Gasteiger partial charge in [0, 0.05) is 6.54 Å². The van der Waals surface area contributed by atoms with Gasteiger partial charge >= 0.3 is 7.12 Å². The zero-order valence-electron chi connectivity index (χ0n) is 8.94. The average molecular weight is 211 g/mol. The zero-order chi connectivity index (χ0) is 11.4. The highest BCUT2D eigenvalue weighted by molar-refractivity contribution is 6.59. The molecule has 2 N–H and O–H groups in total. The average Bonchev–Trinajstić information content (AvgIpc) is 2.20. The molecule has 0 amide bonds. The van der Waals surface area contributed by atoms with E-state index in [0.29, 0.717) is 6.54 Å². The van der Waals surface area contributed by atoms with E-state index in [1.54, 1.807) is 6.07 Å². The van der Waals surface area contributed by atoms with Crippen LogP contribution in [-0.2, 0) is 6.54 Å². The Morgan fingerprint density at radius 1 is 1.40 bits per heavy atom. The molecule has 15 heavy (non-hydrogen) atoms. The first-order chi connectivity index (χ1) is 7.04. The van der Waals surface area contributed by atoms with Crippen LogP contribution in [0.25, 0.3) is 0 Å². The molecule has 0 aromatic heterocycles. The van der Waals surface area contributed by atoms with Gasteiger partial charge in [0.25, 0.3) is 0 Å². The van der Waals surface area contributed by atoms with Gasteiger partial charge in [0.15, 0.2) is 0 Å². The third-order valence-corrected chi connectivity index (χ3v) is 2.37. The lowest BCUT2D eigenvalue weighted by atomic mass is 9.77. The van der Waals surface area contributed by atoms with E-state index < -0.39 is 12.9 Å². The van der Waals surface area contributed by atoms with E-state index in [-0.39, 0.29) is 5.46 Å². The predicted octanol–water partition coefficient (Wildman–Crippen LogP) is -0.0428. The minimum Gasteiger partial charge on any atom is -0.423 e. The van der Waals surface area contributed by atoms with Gasteiger partial charge in [0.2, 0.25) is 0 Å². The summed E-state index contributed by atoms with van der Waals surface area (Å²) in [5, 5.41) is 18.2. The molecule has 3 nitrogen and oxygen atoms in total. The highest BCUT2D eigenvalue weighted by atomic mass is 19.1. The Hall–Kier alpha value is -0.905. The number of hydrogen-bond acceptors (Lipinski definition) is 3. The van der Waals surface area contributed by atoms with E-state index in [1.165, 1.54) is 6.07 Å². The number of rotatable bonds is 4. The van der Waals surface area contributed by atoms with Crippen LogP contribution in [-0.4, -0.2) is 35.7 Å². The molecule has 0 radical (unpaired) electrons. The van der Waals surface area contributed by atoms with Gasteiger partial charge in [0.1, 0.15) is 5.82 Å². The van der Waals surface area contributed by atoms with E-state index in [0.717, 1.165) is 18.2 Å². The standard InChI is InChI=1S/C10H15BFNO2/c1-3-13(2)7-8-4-5-9(12)6-10(8)11(14)15/h4-6,14-15H,3,7H2,1-2H3. The minimum absolute atomic E-state index is 0.232. The van der Waals surface area contributed by atoms with Crippen LogP contribution in [0.15, 0.2) is 18.2 Å². The molecule has 0 aliphatic carbocycles. The molecule has 0 saturated heterocycles. The Balaban J connectivity index is 2.95. The van der Waals surface area contributed by atoms with Crippen molar-refractivity contribution in [1.82, 2.24) is 4.90 Å². The Morgan fingerprint density at radius 2 is 2.07 bits per heavy atom. The number of nitrogens with zero attached hydrogens (tertiary/aromatic N) is 1. The summed E-state index contributed by atoms with van der Waals surface area (Å²) >= 11 is 0. The number of benzene rings is 1. The second kappa shape index (κ2) is 5.25. The summed E-state index contributed by atoms with van der Waals surface area (Å²) in [6.45, 7) is 3.42. The molecule has 82 valence electrons. The summed E-state index contributed by atoms with van der Waals surface area (Å²) in [4.78, 5) is 2.00. The Morgan fingerprint density at radius 3 is 2.60 bits per heavy atom. The van der Waals surface area contributed by atoms with E-state index in [1.807, 2.05) is 18.9 Å². The summed E-state index contributed by atoms with van der Waals surface area (Å²) in [5.41, 5.74) is 0.964. The SMILES string of the molecule is CCN(C)Cc1ccc(F)cc1B(O)O. The highest BCUT2D eigenvalue weighted by Gasteiger charge is 2.17. The van der Waals surface area contributed by atoms with Gasteiger partial charge in [-0.05, 0) is 36.8 Å². The molecule has 0 unspecified atom stereocenters. The quantitative estimate of drug-likeness (QED) is 0.686. The number of hydrogen-bond donors (Lipinski definition) is 2. The van der Waals surface area contributed by atoms with Gasteiger partial charge in [-0.1, -0.05) is 13.0 Å². The molecule has 0 aliphatic rings. The summed E-state index contributed by atoms with van der Waals surface area (Å²) in [5.74, 6) is -0.457. The third kappa shape index (κ3) is 3.30. The van der Waals surface area contributed by atoms with Gasteiger partial charge in [-0.15, -0.1) is 0 Å². The van der Waals surface area contributed by atoms with Crippen LogP contribution < -0.4 is 5.46 Å². The van der Waals surface area contributed by atoms with Gasteiger partial charge in [-0.25, -0.2) is 4.39 Å². The zero-order valence-corrected chi connectivity index (χ0v) is 8.94. The third-order valence-electron chi connectivity index (χ3n) is 2.37. The summed E-state index contributed by atoms with van der Waals surface area (Å²) in [6.07, 6.45) is 0. The fraction of sp³-hybridized carbons (Fsp3) is 0.400. The van der Waals surface area contributed by atoms with Gasteiger partial charge < -0.3 is 14.9 Å². The van der Waals surface area contributed by atoms with Crippen molar-refractivity contribution in [2.75, 3.05) is 13.6 Å². The molecule has 0 aliphatic heterocycles. The Labute approximate surface area is 89.3 Å². The minimum atomic E-state index is -1.62. The first-order valence-electron chi connectivity index (χ1n) is 4.87. The monoisotopic (exact) mass is 211 g/mol. The predicted molar refractivity (Wildman–Crippen MR) is 58.2 cm³/mol. The van der Waals surface area contributed by atoms with Crippen molar-refractivity contribution in [2.24, 2.45) is 0 Å². The van der Waals surface area contributed by atoms with Crippen molar-refractivity contribution in [3.63, 3.8) is 0 Å². The van der Waals surface area contributed by atoms with Crippen molar-refractivity contribution in [2.45, 2.75) is 13.5 Å². The Bertz CT molecular complexity index is 333. The number of halogens is 1. The van der Waals surface area contributed by atoms with Gasteiger partial charge in [-0.2, -0.15) is 0 Å². The van der Waals surface area contributed by atoms with Crippen molar-refractivity contribution in [3.05, 3.63) is 29.6 Å². The highest BCUT2D eigenvalue weighted by Crippen LogP contribution is 2.04. The maximum Gasteiger partial charge on any atom is 0.488 e. The molecular weight excluding hydrogens is 196 g/mol. The smallest absolute Gasteiger partial charge is 0.423 e. The summed E-state index contributed by atoms with van der Waals surface area (Å²) in [7, 11) is 0.289. The van der Waals surface area contributed by atoms with E-state index >= 15 is 0 Å². The van der Waals surface area contributed by atoms with E-state index in [2.05, 4.69) is 0 Å². The van der Waals surface area contributed by atoms with Crippen LogP contribution in [0.3, 0.4) is 0 Å². The molecular formula is C10H15BFNO2. The maximum atomic E-state index is 12.9. The second-order valence-electron chi connectivity index (χ2n) is 3.55. The Kier molecular flexibility index (Phi) is 4.26. The first-order valence-corrected chi connectivity index (χ1v) is 4.87. The molecule has 0 bridgehead atoms. The summed E-state index contributed by atoms with van der Waals surface area (Å²) in [6, 6.07) is 4.06. The molecule has 5 heteroatoms. The normalized spacial score (nSPS) is 10.8. The van der Waals surface area contributed by atoms with Crippen LogP contribution in [0.2, 0.25) is 0 Å². The molecule has 1 aromatic carbocycles. The van der Waals surface area contributed by atoms with Crippen molar-refractivity contribution >= 4 is 12.6 Å². The van der Waals surface area contributed by atoms with E-state index in [9.17, 15) is 4.39 Å². The molecule has 1 aromatic rings. The fourth-order valence-electron chi connectivity index (χ4n) is 1.35. The summed E-state index contributed by atoms with van der Waals surface area (Å²) < 4.78 is 12.9. The molecule has 0 fully saturated rings. The second-order valence-corrected chi connectivity index (χ2v) is 3.55. The van der Waals surface area contributed by atoms with Crippen LogP contribution >= 0.6 is 0 Å². The molecule has 0 heterocycles. The fourth-order valence-corrected chi connectivity index (χ4v) is 1.35. The van der Waals surface area contributed by atoms with Crippen LogP contribution in [0, 0.1) is 5.82 Å². The molecule has 0 saturated carbocycles. The van der Waals surface area contributed by atoms with Crippen molar-refractivity contribution in [3.8, 4) is 0 Å².